The average Bonchev–Trinajstić information content (AvgIpc) is 3.45. The van der Waals surface area contributed by atoms with Gasteiger partial charge < -0.3 is 14.2 Å². The first kappa shape index (κ1) is 75.3. The van der Waals surface area contributed by atoms with Crippen LogP contribution >= 0.6 is 0 Å². The molecule has 0 saturated carbocycles. The number of carbonyl (C=O) groups is 3. The number of ether oxygens (including phenoxy) is 3. The minimum atomic E-state index is -0.786. The van der Waals surface area contributed by atoms with Gasteiger partial charge in [0, 0.05) is 19.3 Å². The molecule has 6 nitrogen and oxygen atoms in total. The van der Waals surface area contributed by atoms with Crippen molar-refractivity contribution < 1.29 is 28.6 Å². The normalized spacial score (nSPS) is 12.7. The maximum absolute atomic E-state index is 12.9. The summed E-state index contributed by atoms with van der Waals surface area (Å²) in [7, 11) is 0. The van der Waals surface area contributed by atoms with Gasteiger partial charge in [0.1, 0.15) is 13.2 Å². The first-order chi connectivity index (χ1) is 39.0. The van der Waals surface area contributed by atoms with E-state index in [1.54, 1.807) is 0 Å². The molecule has 79 heavy (non-hydrogen) atoms. The summed E-state index contributed by atoms with van der Waals surface area (Å²) in [5.74, 6) is -0.882. The summed E-state index contributed by atoms with van der Waals surface area (Å²) in [4.78, 5) is 38.4. The molecule has 1 atom stereocenters. The first-order valence-electron chi connectivity index (χ1n) is 33.7. The van der Waals surface area contributed by atoms with Gasteiger partial charge in [-0.2, -0.15) is 0 Å². The van der Waals surface area contributed by atoms with E-state index in [0.717, 1.165) is 103 Å². The van der Waals surface area contributed by atoms with Crippen molar-refractivity contribution >= 4 is 17.9 Å². The quantitative estimate of drug-likeness (QED) is 0.0261. The van der Waals surface area contributed by atoms with Crippen LogP contribution in [0.4, 0.5) is 0 Å². The van der Waals surface area contributed by atoms with Gasteiger partial charge in [-0.05, 0) is 122 Å². The highest BCUT2D eigenvalue weighted by atomic mass is 16.6. The van der Waals surface area contributed by atoms with Crippen LogP contribution in [0.25, 0.3) is 0 Å². The summed E-state index contributed by atoms with van der Waals surface area (Å²) in [6.07, 6.45) is 89.8. The topological polar surface area (TPSA) is 78.9 Å². The van der Waals surface area contributed by atoms with Crippen molar-refractivity contribution in [3.8, 4) is 0 Å². The fourth-order valence-corrected chi connectivity index (χ4v) is 9.50. The Kier molecular flexibility index (Phi) is 63.7. The minimum Gasteiger partial charge on any atom is -0.462 e. The molecule has 0 rings (SSSR count). The van der Waals surface area contributed by atoms with E-state index in [1.165, 1.54) is 186 Å². The van der Waals surface area contributed by atoms with Gasteiger partial charge in [0.15, 0.2) is 6.10 Å². The molecule has 1 unspecified atom stereocenters. The van der Waals surface area contributed by atoms with Crippen molar-refractivity contribution in [2.24, 2.45) is 0 Å². The number of rotatable bonds is 61. The SMILES string of the molecule is CC/C=C\C/C=C\C/C=C\C/C=C\CCCCCCCCCCCCCCC(=O)OCC(COC(=O)CCCCCCCCC/C=C\C/C=C\CCCCC)OC(=O)CCCCCCCCCCC/C=C\C/C=C\CCCCC. The van der Waals surface area contributed by atoms with Crippen molar-refractivity contribution in [2.45, 2.75) is 335 Å². The molecule has 0 heterocycles. The molecule has 454 valence electrons. The summed E-state index contributed by atoms with van der Waals surface area (Å²) in [5.41, 5.74) is 0. The lowest BCUT2D eigenvalue weighted by Gasteiger charge is -2.18. The fourth-order valence-electron chi connectivity index (χ4n) is 9.50. The number of esters is 3. The molecule has 0 fully saturated rings. The number of carbonyl (C=O) groups excluding carboxylic acids is 3. The van der Waals surface area contributed by atoms with E-state index in [4.69, 9.17) is 14.2 Å². The second kappa shape index (κ2) is 66.8. The third kappa shape index (κ3) is 65.0. The summed E-state index contributed by atoms with van der Waals surface area (Å²) in [6, 6.07) is 0. The van der Waals surface area contributed by atoms with Gasteiger partial charge in [0.2, 0.25) is 0 Å². The van der Waals surface area contributed by atoms with Gasteiger partial charge in [0.25, 0.3) is 0 Å². The molecule has 0 amide bonds. The molecule has 0 bridgehead atoms. The van der Waals surface area contributed by atoms with Gasteiger partial charge in [-0.1, -0.05) is 285 Å². The predicted octanol–water partition coefficient (Wildman–Crippen LogP) is 23.2. The van der Waals surface area contributed by atoms with E-state index in [9.17, 15) is 14.4 Å². The molecule has 0 aromatic heterocycles. The maximum atomic E-state index is 12.9. The van der Waals surface area contributed by atoms with E-state index in [-0.39, 0.29) is 31.1 Å². The Morgan fingerprint density at radius 1 is 0.266 bits per heavy atom. The Morgan fingerprint density at radius 2 is 0.494 bits per heavy atom. The van der Waals surface area contributed by atoms with Gasteiger partial charge in [-0.25, -0.2) is 0 Å². The third-order valence-electron chi connectivity index (χ3n) is 14.5. The van der Waals surface area contributed by atoms with Crippen LogP contribution in [-0.2, 0) is 28.6 Å². The zero-order valence-electron chi connectivity index (χ0n) is 52.1. The molecule has 0 aromatic carbocycles. The standard InChI is InChI=1S/C73H126O6/c1-4-7-10-13-16-19-22-25-28-31-33-34-35-36-37-38-40-42-45-48-51-54-57-60-63-66-72(75)78-69-70(68-77-71(74)65-62-59-56-53-50-47-44-41-30-27-24-21-18-15-12-9-6-3)79-73(76)67-64-61-58-55-52-49-46-43-39-32-29-26-23-20-17-14-11-8-5-2/h7,10,16-21,25-30,33-34,70H,4-6,8-9,11-15,22-24,31-32,35-69H2,1-3H3/b10-7-,19-16-,20-17-,21-18-,28-25-,29-26-,30-27-,34-33-. The molecular weight excluding hydrogens is 973 g/mol. The van der Waals surface area contributed by atoms with Crippen molar-refractivity contribution in [3.63, 3.8) is 0 Å². The highest BCUT2D eigenvalue weighted by molar-refractivity contribution is 5.71. The van der Waals surface area contributed by atoms with Crippen LogP contribution in [0.1, 0.15) is 329 Å². The lowest BCUT2D eigenvalue weighted by molar-refractivity contribution is -0.167. The van der Waals surface area contributed by atoms with Crippen LogP contribution in [0.5, 0.6) is 0 Å². The van der Waals surface area contributed by atoms with E-state index in [0.29, 0.717) is 19.3 Å². The third-order valence-corrected chi connectivity index (χ3v) is 14.5. The van der Waals surface area contributed by atoms with E-state index in [2.05, 4.69) is 118 Å². The van der Waals surface area contributed by atoms with Crippen LogP contribution in [0, 0.1) is 0 Å². The number of hydrogen-bond acceptors (Lipinski definition) is 6. The van der Waals surface area contributed by atoms with Gasteiger partial charge >= 0.3 is 17.9 Å². The summed E-state index contributed by atoms with van der Waals surface area (Å²) in [6.45, 7) is 6.50. The second-order valence-electron chi connectivity index (χ2n) is 22.3. The lowest BCUT2D eigenvalue weighted by atomic mass is 10.0. The van der Waals surface area contributed by atoms with E-state index in [1.807, 2.05) is 0 Å². The number of unbranched alkanes of at least 4 members (excludes halogenated alkanes) is 34. The van der Waals surface area contributed by atoms with Crippen molar-refractivity contribution in [1.29, 1.82) is 0 Å². The van der Waals surface area contributed by atoms with Gasteiger partial charge in [-0.3, -0.25) is 14.4 Å². The average molecular weight is 1100 g/mol. The van der Waals surface area contributed by atoms with Crippen LogP contribution in [0.2, 0.25) is 0 Å². The molecular formula is C73H126O6. The first-order valence-corrected chi connectivity index (χ1v) is 33.7. The molecule has 0 aliphatic carbocycles. The Hall–Kier alpha value is -3.67. The monoisotopic (exact) mass is 1100 g/mol. The zero-order valence-corrected chi connectivity index (χ0v) is 52.1. The Morgan fingerprint density at radius 3 is 0.772 bits per heavy atom. The Balaban J connectivity index is 4.36. The van der Waals surface area contributed by atoms with E-state index < -0.39 is 6.10 Å². The van der Waals surface area contributed by atoms with Crippen LogP contribution in [0.15, 0.2) is 97.2 Å². The number of hydrogen-bond donors (Lipinski definition) is 0. The van der Waals surface area contributed by atoms with Crippen LogP contribution < -0.4 is 0 Å². The van der Waals surface area contributed by atoms with Crippen molar-refractivity contribution in [1.82, 2.24) is 0 Å². The van der Waals surface area contributed by atoms with Crippen LogP contribution in [0.3, 0.4) is 0 Å². The highest BCUT2D eigenvalue weighted by Gasteiger charge is 2.19. The van der Waals surface area contributed by atoms with Gasteiger partial charge in [0.05, 0.1) is 0 Å². The molecule has 0 radical (unpaired) electrons. The zero-order chi connectivity index (χ0) is 57.1. The Bertz CT molecular complexity index is 1540. The molecule has 0 aliphatic heterocycles. The predicted molar refractivity (Wildman–Crippen MR) is 344 cm³/mol. The number of allylic oxidation sites excluding steroid dienone is 16. The highest BCUT2D eigenvalue weighted by Crippen LogP contribution is 2.17. The summed E-state index contributed by atoms with van der Waals surface area (Å²) >= 11 is 0. The summed E-state index contributed by atoms with van der Waals surface area (Å²) < 4.78 is 17.0. The molecule has 0 aliphatic rings. The molecule has 0 spiro atoms. The largest absolute Gasteiger partial charge is 0.462 e. The van der Waals surface area contributed by atoms with Crippen LogP contribution in [-0.4, -0.2) is 37.2 Å². The van der Waals surface area contributed by atoms with Gasteiger partial charge in [-0.15, -0.1) is 0 Å². The molecule has 0 N–H and O–H groups in total. The van der Waals surface area contributed by atoms with Crippen molar-refractivity contribution in [2.75, 3.05) is 13.2 Å². The molecule has 6 heteroatoms. The smallest absolute Gasteiger partial charge is 0.306 e. The van der Waals surface area contributed by atoms with E-state index >= 15 is 0 Å². The Labute approximate surface area is 489 Å². The fraction of sp³-hybridized carbons (Fsp3) is 0.740. The van der Waals surface area contributed by atoms with Crippen molar-refractivity contribution in [3.05, 3.63) is 97.2 Å². The second-order valence-corrected chi connectivity index (χ2v) is 22.3. The summed E-state index contributed by atoms with van der Waals surface area (Å²) in [5, 5.41) is 0. The maximum Gasteiger partial charge on any atom is 0.306 e. The minimum absolute atomic E-state index is 0.0814. The lowest BCUT2D eigenvalue weighted by Crippen LogP contribution is -2.30. The molecule has 0 saturated heterocycles. The molecule has 0 aromatic rings.